The molecule has 1 unspecified atom stereocenters. The van der Waals surface area contributed by atoms with Crippen LogP contribution in [0, 0.1) is 18.8 Å². The number of nitrogens with zero attached hydrogens (tertiary/aromatic N) is 1. The minimum absolute atomic E-state index is 0.0476. The van der Waals surface area contributed by atoms with Crippen molar-refractivity contribution in [1.82, 2.24) is 10.2 Å². The second-order valence-corrected chi connectivity index (χ2v) is 19.2. The van der Waals surface area contributed by atoms with E-state index < -0.39 is 106 Å². The molecule has 15 nitrogen and oxygen atoms in total. The van der Waals surface area contributed by atoms with E-state index in [0.717, 1.165) is 49.4 Å². The molecule has 0 aromatic heterocycles. The molecule has 70 heavy (non-hydrogen) atoms. The first kappa shape index (κ1) is 62.4. The summed E-state index contributed by atoms with van der Waals surface area (Å²) in [5.41, 5.74) is 1.48. The van der Waals surface area contributed by atoms with Crippen molar-refractivity contribution in [2.24, 2.45) is 11.8 Å². The number of esters is 1. The van der Waals surface area contributed by atoms with E-state index in [-0.39, 0.29) is 22.3 Å². The van der Waals surface area contributed by atoms with E-state index in [9.17, 15) is 58.3 Å². The zero-order chi connectivity index (χ0) is 53.4. The molecule has 0 bridgehead atoms. The van der Waals surface area contributed by atoms with Gasteiger partial charge in [0.25, 0.3) is 16.0 Å². The molecule has 395 valence electrons. The molecule has 3 aliphatic rings. The normalized spacial score (nSPS) is 15.8. The van der Waals surface area contributed by atoms with Gasteiger partial charge in [0.1, 0.15) is 25.7 Å². The third-order valence-electron chi connectivity index (χ3n) is 12.1. The van der Waals surface area contributed by atoms with Gasteiger partial charge >= 0.3 is 40.3 Å². The van der Waals surface area contributed by atoms with Crippen molar-refractivity contribution in [3.05, 3.63) is 94.1 Å². The Labute approximate surface area is 425 Å². The van der Waals surface area contributed by atoms with E-state index in [1.807, 2.05) is 0 Å². The van der Waals surface area contributed by atoms with Crippen LogP contribution in [-0.4, -0.2) is 93.2 Å². The van der Waals surface area contributed by atoms with E-state index >= 15 is 0 Å². The van der Waals surface area contributed by atoms with E-state index in [2.05, 4.69) is 63.2 Å². The van der Waals surface area contributed by atoms with Crippen LogP contribution in [0.25, 0.3) is 5.73 Å². The number of Topliss-reactive ketones (excluding diaryl/α,β-unsaturated/α-hetero) is 2. The molecule has 22 heteroatoms. The number of fused-ring (bicyclic) bond motifs is 6. The molecule has 0 saturated carbocycles. The fraction of sp³-hybridized carbons (Fsp3) is 0.521. The molecular weight excluding hydrogens is 1160 g/mol. The Hall–Kier alpha value is -3.75. The van der Waals surface area contributed by atoms with Gasteiger partial charge in [-0.05, 0) is 42.0 Å². The van der Waals surface area contributed by atoms with Crippen LogP contribution in [0.4, 0.5) is 13.2 Å². The monoisotopic (exact) mass is 1220 g/mol. The summed E-state index contributed by atoms with van der Waals surface area (Å²) in [6.45, 7) is 20.3. The van der Waals surface area contributed by atoms with Crippen molar-refractivity contribution in [3.63, 3.8) is 0 Å². The van der Waals surface area contributed by atoms with Crippen molar-refractivity contribution in [3.8, 4) is 11.5 Å². The number of ketones is 2. The third-order valence-corrected chi connectivity index (χ3v) is 14.0. The fourth-order valence-electron chi connectivity index (χ4n) is 8.17. The minimum atomic E-state index is -5.64. The Balaban J connectivity index is 0.000000710. The first-order valence-corrected chi connectivity index (χ1v) is 28.5. The number of rotatable bonds is 14. The van der Waals surface area contributed by atoms with Gasteiger partial charge in [-0.15, -0.1) is 0 Å². The maximum atomic E-state index is 13.6. The fourth-order valence-corrected chi connectivity index (χ4v) is 9.87. The number of amides is 1. The quantitative estimate of drug-likeness (QED) is 0.0869. The van der Waals surface area contributed by atoms with Gasteiger partial charge in [-0.25, -0.2) is 19.6 Å². The maximum absolute atomic E-state index is 13.6. The molecule has 3 heterocycles. The number of carbonyl (C=O) groups excluding carboxylic acids is 4. The van der Waals surface area contributed by atoms with Crippen LogP contribution in [-0.2, 0) is 71.8 Å². The number of alkyl halides is 3. The molecule has 1 fully saturated rings. The predicted molar refractivity (Wildman–Crippen MR) is 254 cm³/mol. The first-order chi connectivity index (χ1) is 32.9. The Morgan fingerprint density at radius 2 is 1.29 bits per heavy atom. The molecule has 6 rings (SSSR count). The van der Waals surface area contributed by atoms with Crippen LogP contribution in [0.3, 0.4) is 0 Å². The van der Waals surface area contributed by atoms with Gasteiger partial charge in [0.2, 0.25) is 5.78 Å². The summed E-state index contributed by atoms with van der Waals surface area (Å²) >= 11 is 1.61. The van der Waals surface area contributed by atoms with E-state index in [1.165, 1.54) is 61.6 Å². The van der Waals surface area contributed by atoms with E-state index in [1.54, 1.807) is 18.8 Å². The molecule has 1 atom stereocenters. The second-order valence-electron chi connectivity index (χ2n) is 16.5. The van der Waals surface area contributed by atoms with Crippen LogP contribution in [0.2, 0.25) is 0 Å². The summed E-state index contributed by atoms with van der Waals surface area (Å²) in [4.78, 5) is 49.9. The van der Waals surface area contributed by atoms with Crippen molar-refractivity contribution in [2.75, 3.05) is 32.7 Å². The van der Waals surface area contributed by atoms with Crippen LogP contribution in [0.15, 0.2) is 52.3 Å². The number of carbonyl (C=O) groups is 4. The summed E-state index contributed by atoms with van der Waals surface area (Å²) < 4.78 is 126. The molecule has 3 aromatic rings. The van der Waals surface area contributed by atoms with E-state index in [4.69, 9.17) is 15.2 Å². The van der Waals surface area contributed by atoms with Crippen molar-refractivity contribution < 1.29 is 86.5 Å². The third kappa shape index (κ3) is 15.4. The molecule has 3 aliphatic heterocycles. The van der Waals surface area contributed by atoms with Gasteiger partial charge in [0.05, 0.1) is 5.56 Å². The number of halogens is 4. The molecule has 1 saturated heterocycles. The summed E-state index contributed by atoms with van der Waals surface area (Å²) in [5.74, 6) is -4.63. The van der Waals surface area contributed by atoms with Gasteiger partial charge in [0.15, 0.2) is 17.1 Å². The Morgan fingerprint density at radius 1 is 0.843 bits per heavy atom. The zero-order valence-corrected chi connectivity index (χ0v) is 45.0. The van der Waals surface area contributed by atoms with Crippen LogP contribution >= 0.6 is 9.42 Å². The summed E-state index contributed by atoms with van der Waals surface area (Å²) in [6.07, 6.45) is 1.15. The number of benzene rings is 3. The standard InChI is InChI=1S/C31H25F3N2O12S2.2C7H16.C3H7N.ClH.Pt/c1-15(37)12-16-2-6-21-24(26(16)49(41,42)43)47-25-22(7-3-17(27(25)50(44,45)46)14-23(38)31(32,33)34)30(21)20-5-4-18(13-19(20)29(40)48-30)28(39)36-10-8-35-9-11-36;2*1-4-7(5-2)6-3;1-2-3-4;;/h2-7,13,35H,8-12,14H2,1H3,(H,41,42,43)(H,44,45,46);2*7H,4-6H2,1-3H3;4H,1-3H2;1H;/q;;;-2;;+1/p-2. The van der Waals surface area contributed by atoms with Crippen LogP contribution in [0.1, 0.15) is 142 Å². The number of hydrogen-bond donors (Lipinski definition) is 2. The summed E-state index contributed by atoms with van der Waals surface area (Å²) in [7, 11) is -6.65. The average molecular weight is 1230 g/mol. The van der Waals surface area contributed by atoms with Crippen LogP contribution in [0.5, 0.6) is 11.5 Å². The number of piperazine rings is 1. The Bertz CT molecular complexity index is 2490. The first-order valence-electron chi connectivity index (χ1n) is 22.8. The van der Waals surface area contributed by atoms with Gasteiger partial charge < -0.3 is 36.9 Å². The van der Waals surface area contributed by atoms with Crippen molar-refractivity contribution in [2.45, 2.75) is 128 Å². The molecule has 0 radical (unpaired) electrons. The molecular formula is C48H63ClF3N3O12PtS2-3. The average Bonchev–Trinajstić information content (AvgIpc) is 3.60. The number of ether oxygens (including phenoxy) is 2. The zero-order valence-electron chi connectivity index (χ0n) is 40.3. The van der Waals surface area contributed by atoms with Gasteiger partial charge in [-0.1, -0.05) is 110 Å². The molecule has 1 amide bonds. The van der Waals surface area contributed by atoms with Gasteiger partial charge in [-0.2, -0.15) is 28.1 Å². The molecule has 0 aliphatic carbocycles. The van der Waals surface area contributed by atoms with Crippen molar-refractivity contribution in [1.29, 1.82) is 0 Å². The predicted octanol–water partition coefficient (Wildman–Crippen LogP) is 9.87. The summed E-state index contributed by atoms with van der Waals surface area (Å²) in [5, 5.41) is 3.09. The molecule has 3 N–H and O–H groups in total. The molecule has 3 aromatic carbocycles. The van der Waals surface area contributed by atoms with E-state index in [0.29, 0.717) is 32.7 Å². The molecule has 1 spiro atoms. The summed E-state index contributed by atoms with van der Waals surface area (Å²) in [6, 6.07) is 7.72. The number of nitrogens with one attached hydrogen (secondary N) is 2. The topological polar surface area (TPSA) is 237 Å². The Morgan fingerprint density at radius 3 is 1.67 bits per heavy atom. The van der Waals surface area contributed by atoms with Crippen molar-refractivity contribution >= 4 is 53.1 Å². The second kappa shape index (κ2) is 27.9. The Kier molecular flexibility index (Phi) is 24.9. The SMILES string of the molecule is CC(=O)Cc1ccc2c(c1S(=O)(=O)[O-])Oc1c(ccc(CC(=O)C(F)(F)F)c1S(=O)(=O)O)C21OC(=O)c2cc(C(=O)N3CCNCC3)ccc21.CCC(CC)CC.CCC(CC)CC.[CH2-]CC[NH-].[Cl][Pt]. The number of hydrogen-bond acceptors (Lipinski definition) is 12. The van der Waals surface area contributed by atoms with Crippen LogP contribution < -0.4 is 10.1 Å². The van der Waals surface area contributed by atoms with Gasteiger partial charge in [-0.3, -0.25) is 18.9 Å². The van der Waals surface area contributed by atoms with Gasteiger partial charge in [0, 0.05) is 61.3 Å².